The van der Waals surface area contributed by atoms with Gasteiger partial charge in [-0.15, -0.1) is 0 Å². The highest BCUT2D eigenvalue weighted by Crippen LogP contribution is 2.54. The van der Waals surface area contributed by atoms with Crippen LogP contribution < -0.4 is 10.2 Å². The third-order valence-corrected chi connectivity index (χ3v) is 13.5. The number of benzene rings is 3. The molecule has 2 fully saturated rings. The van der Waals surface area contributed by atoms with Gasteiger partial charge in [0, 0.05) is 30.1 Å². The second kappa shape index (κ2) is 13.3. The van der Waals surface area contributed by atoms with Crippen molar-refractivity contribution in [2.24, 2.45) is 5.92 Å². The van der Waals surface area contributed by atoms with Gasteiger partial charge in [-0.2, -0.15) is 0 Å². The molecule has 12 heteroatoms. The number of hydrogen-bond donors (Lipinski definition) is 2. The first-order valence-electron chi connectivity index (χ1n) is 17.6. The van der Waals surface area contributed by atoms with Crippen LogP contribution in [-0.4, -0.2) is 75.6 Å². The van der Waals surface area contributed by atoms with Gasteiger partial charge in [0.2, 0.25) is 5.91 Å². The lowest BCUT2D eigenvalue weighted by molar-refractivity contribution is -0.123. The molecular weight excluding hydrogens is 683 g/mol. The van der Waals surface area contributed by atoms with Gasteiger partial charge in [0.1, 0.15) is 10.7 Å². The topological polar surface area (TPSA) is 122 Å². The Labute approximate surface area is 300 Å². The van der Waals surface area contributed by atoms with Crippen LogP contribution in [0, 0.1) is 5.92 Å². The van der Waals surface area contributed by atoms with Crippen molar-refractivity contribution in [1.82, 2.24) is 19.2 Å². The standard InChI is InChI=1S/C39H41N5O5S2/c1-42-32-24-41-37-34(35(32)39(38(42)45)18-20-40-21-19-39)33(29-8-4-2-5-9-29)36(44(37)51(48,49)31-10-6-3-7-11-31)30-14-12-27(13-15-30)25-43-22-16-28(17-23-43)26-50(46)47/h2-15,24,28,40,50H,16-23,25-26H2,1H3. The molecule has 0 atom stereocenters. The third kappa shape index (κ3) is 5.78. The summed E-state index contributed by atoms with van der Waals surface area (Å²) in [5, 5.41) is 4.11. The number of fused-ring (bicyclic) bond motifs is 4. The van der Waals surface area contributed by atoms with Gasteiger partial charge in [0.25, 0.3) is 10.0 Å². The van der Waals surface area contributed by atoms with Crippen LogP contribution in [0.1, 0.15) is 36.8 Å². The first kappa shape index (κ1) is 33.8. The fourth-order valence-corrected chi connectivity index (χ4v) is 10.7. The number of nitrogens with zero attached hydrogens (tertiary/aromatic N) is 4. The molecule has 0 saturated carbocycles. The average molecular weight is 724 g/mol. The zero-order valence-electron chi connectivity index (χ0n) is 28.5. The number of likely N-dealkylation sites (N-methyl/N-ethyl adjacent to an activating group) is 1. The average Bonchev–Trinajstić information content (AvgIpc) is 3.60. The number of carbonyl (C=O) groups is 1. The Morgan fingerprint density at radius 2 is 1.53 bits per heavy atom. The van der Waals surface area contributed by atoms with Gasteiger partial charge in [-0.05, 0) is 86.6 Å². The lowest BCUT2D eigenvalue weighted by Gasteiger charge is -2.33. The van der Waals surface area contributed by atoms with Crippen LogP contribution >= 0.6 is 0 Å². The summed E-state index contributed by atoms with van der Waals surface area (Å²) in [6, 6.07) is 26.3. The van der Waals surface area contributed by atoms with Gasteiger partial charge in [-0.3, -0.25) is 9.69 Å². The van der Waals surface area contributed by atoms with Crippen LogP contribution in [0.15, 0.2) is 96.0 Å². The number of piperidine rings is 2. The van der Waals surface area contributed by atoms with Crippen molar-refractivity contribution in [1.29, 1.82) is 0 Å². The van der Waals surface area contributed by atoms with E-state index in [-0.39, 0.29) is 22.5 Å². The van der Waals surface area contributed by atoms with Crippen molar-refractivity contribution in [3.63, 3.8) is 0 Å². The minimum atomic E-state index is -4.17. The van der Waals surface area contributed by atoms with Gasteiger partial charge in [-0.25, -0.2) is 25.8 Å². The molecule has 0 aliphatic carbocycles. The van der Waals surface area contributed by atoms with E-state index in [0.717, 1.165) is 53.7 Å². The molecule has 5 aromatic rings. The molecule has 1 amide bonds. The SMILES string of the molecule is CN1C(=O)C2(CCNCC2)c2c1cnc1c2c(-c2ccccc2)c(-c2ccc(CN3CCC(C[SH](=O)=O)CC3)cc2)n1S(=O)(=O)c1ccccc1. The zero-order valence-corrected chi connectivity index (χ0v) is 30.2. The van der Waals surface area contributed by atoms with Crippen molar-refractivity contribution >= 4 is 43.4 Å². The van der Waals surface area contributed by atoms with Crippen molar-refractivity contribution in [2.45, 2.75) is 42.5 Å². The number of pyridine rings is 1. The number of carbonyl (C=O) groups excluding carboxylic acids is 1. The number of amides is 1. The van der Waals surface area contributed by atoms with E-state index in [1.807, 2.05) is 54.6 Å². The van der Waals surface area contributed by atoms with Crippen LogP contribution in [0.2, 0.25) is 0 Å². The lowest BCUT2D eigenvalue weighted by atomic mass is 9.72. The first-order valence-corrected chi connectivity index (χ1v) is 20.4. The normalized spacial score (nSPS) is 18.2. The second-order valence-electron chi connectivity index (χ2n) is 14.0. The molecule has 3 aliphatic rings. The number of thiol groups is 1. The Balaban J connectivity index is 1.34. The van der Waals surface area contributed by atoms with E-state index in [1.54, 1.807) is 48.5 Å². The summed E-state index contributed by atoms with van der Waals surface area (Å²) in [6.45, 7) is 3.73. The van der Waals surface area contributed by atoms with Crippen LogP contribution in [0.3, 0.4) is 0 Å². The molecule has 10 nitrogen and oxygen atoms in total. The maximum absolute atomic E-state index is 14.9. The quantitative estimate of drug-likeness (QED) is 0.214. The predicted molar refractivity (Wildman–Crippen MR) is 200 cm³/mol. The summed E-state index contributed by atoms with van der Waals surface area (Å²) in [6.07, 6.45) is 4.58. The molecule has 264 valence electrons. The predicted octanol–water partition coefficient (Wildman–Crippen LogP) is 5.03. The van der Waals surface area contributed by atoms with Crippen LogP contribution in [0.4, 0.5) is 5.69 Å². The Morgan fingerprint density at radius 3 is 2.18 bits per heavy atom. The molecule has 5 heterocycles. The van der Waals surface area contributed by atoms with E-state index in [9.17, 15) is 21.6 Å². The summed E-state index contributed by atoms with van der Waals surface area (Å²) in [5.41, 5.74) is 4.96. The highest BCUT2D eigenvalue weighted by molar-refractivity contribution is 7.90. The molecule has 1 N–H and O–H groups in total. The highest BCUT2D eigenvalue weighted by Gasteiger charge is 2.52. The summed E-state index contributed by atoms with van der Waals surface area (Å²) < 4.78 is 53.7. The zero-order chi connectivity index (χ0) is 35.3. The molecule has 3 aliphatic heterocycles. The lowest BCUT2D eigenvalue weighted by Crippen LogP contribution is -2.46. The molecular formula is C39H41N5O5S2. The van der Waals surface area contributed by atoms with E-state index >= 15 is 0 Å². The molecule has 2 saturated heterocycles. The van der Waals surface area contributed by atoms with Crippen LogP contribution in [0.25, 0.3) is 33.4 Å². The van der Waals surface area contributed by atoms with Crippen molar-refractivity contribution in [3.8, 4) is 22.4 Å². The molecule has 0 bridgehead atoms. The van der Waals surface area contributed by atoms with E-state index in [1.165, 1.54) is 3.97 Å². The van der Waals surface area contributed by atoms with Gasteiger partial charge < -0.3 is 10.2 Å². The van der Waals surface area contributed by atoms with Gasteiger partial charge >= 0.3 is 0 Å². The third-order valence-electron chi connectivity index (χ3n) is 11.0. The van der Waals surface area contributed by atoms with Gasteiger partial charge in [0.05, 0.1) is 33.6 Å². The van der Waals surface area contributed by atoms with E-state index < -0.39 is 26.1 Å². The highest BCUT2D eigenvalue weighted by atomic mass is 32.2. The number of rotatable bonds is 8. The Hall–Kier alpha value is -4.36. The second-order valence-corrected chi connectivity index (χ2v) is 16.8. The fraction of sp³-hybridized carbons (Fsp3) is 0.333. The van der Waals surface area contributed by atoms with Crippen LogP contribution in [-0.2, 0) is 37.5 Å². The molecule has 0 radical (unpaired) electrons. The number of aromatic nitrogens is 2. The van der Waals surface area contributed by atoms with Crippen molar-refractivity contribution in [2.75, 3.05) is 43.9 Å². The largest absolute Gasteiger partial charge is 0.317 e. The molecule has 8 rings (SSSR count). The van der Waals surface area contributed by atoms with Gasteiger partial charge in [0.15, 0.2) is 5.65 Å². The maximum Gasteiger partial charge on any atom is 0.269 e. The maximum atomic E-state index is 14.9. The Morgan fingerprint density at radius 1 is 0.882 bits per heavy atom. The monoisotopic (exact) mass is 723 g/mol. The molecule has 3 aromatic carbocycles. The summed E-state index contributed by atoms with van der Waals surface area (Å²) in [4.78, 5) is 23.3. The van der Waals surface area contributed by atoms with Crippen LogP contribution in [0.5, 0.6) is 0 Å². The smallest absolute Gasteiger partial charge is 0.269 e. The van der Waals surface area contributed by atoms with Crippen molar-refractivity contribution in [3.05, 3.63) is 102 Å². The van der Waals surface area contributed by atoms with E-state index in [4.69, 9.17) is 4.98 Å². The van der Waals surface area contributed by atoms with E-state index in [0.29, 0.717) is 54.9 Å². The summed E-state index contributed by atoms with van der Waals surface area (Å²) in [5.74, 6) is 0.480. The number of anilines is 1. The Kier molecular flexibility index (Phi) is 8.82. The minimum Gasteiger partial charge on any atom is -0.317 e. The first-order chi connectivity index (χ1) is 24.7. The molecule has 1 spiro atoms. The summed E-state index contributed by atoms with van der Waals surface area (Å²) >= 11 is 0. The fourth-order valence-electron chi connectivity index (χ4n) is 8.44. The molecule has 51 heavy (non-hydrogen) atoms. The van der Waals surface area contributed by atoms with Crippen molar-refractivity contribution < 1.29 is 21.6 Å². The minimum absolute atomic E-state index is 0.0164. The number of likely N-dealkylation sites (tertiary alicyclic amines) is 1. The number of nitrogens with one attached hydrogen (secondary N) is 1. The Bertz CT molecular complexity index is 2280. The molecule has 0 unspecified atom stereocenters. The van der Waals surface area contributed by atoms with E-state index in [2.05, 4.69) is 10.2 Å². The molecule has 2 aromatic heterocycles. The summed E-state index contributed by atoms with van der Waals surface area (Å²) in [7, 11) is -4.75. The van der Waals surface area contributed by atoms with Gasteiger partial charge in [-0.1, -0.05) is 72.8 Å². The number of hydrogen-bond acceptors (Lipinski definition) is 8.